The van der Waals surface area contributed by atoms with E-state index in [1.807, 2.05) is 50.2 Å². The number of rotatable bonds is 6. The molecule has 126 valence electrons. The van der Waals surface area contributed by atoms with Crippen LogP contribution in [0.1, 0.15) is 20.3 Å². The molecule has 0 aliphatic carbocycles. The van der Waals surface area contributed by atoms with E-state index < -0.39 is 10.1 Å². The van der Waals surface area contributed by atoms with Gasteiger partial charge in [-0.15, -0.1) is 0 Å². The Kier molecular flexibility index (Phi) is 5.91. The highest BCUT2D eigenvalue weighted by atomic mass is 127. The van der Waals surface area contributed by atoms with Crippen LogP contribution in [0.25, 0.3) is 10.8 Å². The molecule has 2 aromatic rings. The first-order valence-corrected chi connectivity index (χ1v) is 10.1. The first-order valence-electron chi connectivity index (χ1n) is 7.49. The van der Waals surface area contributed by atoms with E-state index in [1.54, 1.807) is 19.1 Å². The molecular formula is C17H22INO3S. The summed E-state index contributed by atoms with van der Waals surface area (Å²) in [7, 11) is 0.0855. The van der Waals surface area contributed by atoms with Crippen molar-refractivity contribution in [2.24, 2.45) is 0 Å². The lowest BCUT2D eigenvalue weighted by Gasteiger charge is -2.18. The maximum atomic E-state index is 12.7. The SMILES string of the molecule is C[C@H](C[C@@H](C)I)OS(=O)(=O)c1cccc2c(N(C)C)cccc12. The van der Waals surface area contributed by atoms with E-state index in [0.717, 1.165) is 11.1 Å². The molecule has 0 fully saturated rings. The Hall–Kier alpha value is -0.860. The molecule has 0 spiro atoms. The smallest absolute Gasteiger partial charge is 0.297 e. The van der Waals surface area contributed by atoms with Gasteiger partial charge in [-0.2, -0.15) is 8.42 Å². The number of anilines is 1. The average molecular weight is 447 g/mol. The van der Waals surface area contributed by atoms with Gasteiger partial charge in [0.15, 0.2) is 0 Å². The Morgan fingerprint density at radius 3 is 2.30 bits per heavy atom. The van der Waals surface area contributed by atoms with Crippen LogP contribution in [0.2, 0.25) is 0 Å². The number of hydrogen-bond donors (Lipinski definition) is 0. The lowest BCUT2D eigenvalue weighted by molar-refractivity contribution is 0.220. The Bertz CT molecular complexity index is 788. The number of nitrogens with zero attached hydrogens (tertiary/aromatic N) is 1. The highest BCUT2D eigenvalue weighted by Crippen LogP contribution is 2.31. The number of benzene rings is 2. The van der Waals surface area contributed by atoms with Gasteiger partial charge in [-0.3, -0.25) is 4.18 Å². The van der Waals surface area contributed by atoms with Crippen LogP contribution in [0.3, 0.4) is 0 Å². The molecule has 6 heteroatoms. The van der Waals surface area contributed by atoms with Crippen LogP contribution in [0, 0.1) is 0 Å². The Morgan fingerprint density at radius 2 is 1.70 bits per heavy atom. The minimum Gasteiger partial charge on any atom is -0.377 e. The van der Waals surface area contributed by atoms with Gasteiger partial charge < -0.3 is 4.90 Å². The van der Waals surface area contributed by atoms with Crippen LogP contribution in [-0.4, -0.2) is 32.5 Å². The molecule has 23 heavy (non-hydrogen) atoms. The molecule has 0 saturated heterocycles. The minimum atomic E-state index is -3.80. The molecule has 0 heterocycles. The molecular weight excluding hydrogens is 425 g/mol. The van der Waals surface area contributed by atoms with Crippen molar-refractivity contribution in [3.63, 3.8) is 0 Å². The summed E-state index contributed by atoms with van der Waals surface area (Å²) < 4.78 is 31.1. The zero-order chi connectivity index (χ0) is 17.2. The molecule has 0 N–H and O–H groups in total. The van der Waals surface area contributed by atoms with Crippen molar-refractivity contribution >= 4 is 49.2 Å². The summed E-state index contributed by atoms with van der Waals surface area (Å²) >= 11 is 2.27. The second kappa shape index (κ2) is 7.36. The molecule has 0 aromatic heterocycles. The number of halogens is 1. The van der Waals surface area contributed by atoms with Crippen LogP contribution in [0.4, 0.5) is 5.69 Å². The molecule has 0 bridgehead atoms. The topological polar surface area (TPSA) is 46.6 Å². The first-order chi connectivity index (χ1) is 10.7. The molecule has 0 radical (unpaired) electrons. The average Bonchev–Trinajstić information content (AvgIpc) is 2.44. The molecule has 0 aliphatic heterocycles. The fourth-order valence-electron chi connectivity index (χ4n) is 2.64. The third-order valence-corrected chi connectivity index (χ3v) is 5.54. The Morgan fingerprint density at radius 1 is 1.09 bits per heavy atom. The summed E-state index contributed by atoms with van der Waals surface area (Å²) in [4.78, 5) is 2.20. The van der Waals surface area contributed by atoms with Crippen molar-refractivity contribution in [2.75, 3.05) is 19.0 Å². The van der Waals surface area contributed by atoms with Crippen LogP contribution in [0.15, 0.2) is 41.3 Å². The van der Waals surface area contributed by atoms with E-state index in [2.05, 4.69) is 22.6 Å². The van der Waals surface area contributed by atoms with Crippen molar-refractivity contribution < 1.29 is 12.6 Å². The van der Waals surface area contributed by atoms with Crippen molar-refractivity contribution in [3.05, 3.63) is 36.4 Å². The molecule has 2 aromatic carbocycles. The third-order valence-electron chi connectivity index (χ3n) is 3.56. The maximum absolute atomic E-state index is 12.7. The predicted molar refractivity (Wildman–Crippen MR) is 104 cm³/mol. The van der Waals surface area contributed by atoms with Crippen molar-refractivity contribution in [1.82, 2.24) is 0 Å². The second-order valence-corrected chi connectivity index (χ2v) is 9.57. The van der Waals surface area contributed by atoms with Gasteiger partial charge in [0.2, 0.25) is 0 Å². The van der Waals surface area contributed by atoms with Crippen LogP contribution < -0.4 is 4.90 Å². The summed E-state index contributed by atoms with van der Waals surface area (Å²) in [6, 6.07) is 11.0. The van der Waals surface area contributed by atoms with E-state index in [0.29, 0.717) is 15.7 Å². The second-order valence-electron chi connectivity index (χ2n) is 5.90. The maximum Gasteiger partial charge on any atom is 0.297 e. The van der Waals surface area contributed by atoms with Gasteiger partial charge in [-0.05, 0) is 25.5 Å². The molecule has 0 saturated carbocycles. The van der Waals surface area contributed by atoms with Crippen molar-refractivity contribution in [3.8, 4) is 0 Å². The van der Waals surface area contributed by atoms with Gasteiger partial charge in [-0.1, -0.05) is 53.8 Å². The van der Waals surface area contributed by atoms with E-state index in [-0.39, 0.29) is 11.0 Å². The highest BCUT2D eigenvalue weighted by molar-refractivity contribution is 14.1. The summed E-state index contributed by atoms with van der Waals surface area (Å²) in [5.74, 6) is 0. The summed E-state index contributed by atoms with van der Waals surface area (Å²) in [5, 5.41) is 1.59. The minimum absolute atomic E-state index is 0.228. The molecule has 0 unspecified atom stereocenters. The highest BCUT2D eigenvalue weighted by Gasteiger charge is 2.22. The Balaban J connectivity index is 2.49. The van der Waals surface area contributed by atoms with Gasteiger partial charge in [-0.25, -0.2) is 0 Å². The predicted octanol–water partition coefficient (Wildman–Crippen LogP) is 4.21. The largest absolute Gasteiger partial charge is 0.377 e. The first kappa shape index (κ1) is 18.5. The number of hydrogen-bond acceptors (Lipinski definition) is 4. The van der Waals surface area contributed by atoms with E-state index in [4.69, 9.17) is 4.18 Å². The van der Waals surface area contributed by atoms with E-state index in [1.165, 1.54) is 0 Å². The molecule has 0 amide bonds. The quantitative estimate of drug-likeness (QED) is 0.378. The fraction of sp³-hybridized carbons (Fsp3) is 0.412. The molecule has 2 atom stereocenters. The van der Waals surface area contributed by atoms with Crippen molar-refractivity contribution in [2.45, 2.75) is 35.2 Å². The molecule has 0 aliphatic rings. The lowest BCUT2D eigenvalue weighted by atomic mass is 10.1. The fourth-order valence-corrected chi connectivity index (χ4v) is 4.66. The van der Waals surface area contributed by atoms with Crippen LogP contribution in [-0.2, 0) is 14.3 Å². The standard InChI is InChI=1S/C17H22INO3S/c1-12(18)11-13(2)22-23(20,21)17-10-6-7-14-15(17)8-5-9-16(14)19(3)4/h5-10,12-13H,11H2,1-4H3/t12-,13-/m1/s1. The van der Waals surface area contributed by atoms with Gasteiger partial charge in [0.1, 0.15) is 4.90 Å². The lowest BCUT2D eigenvalue weighted by Crippen LogP contribution is -2.18. The number of fused-ring (bicyclic) bond motifs is 1. The summed E-state index contributed by atoms with van der Waals surface area (Å²) in [6.45, 7) is 3.83. The number of alkyl halides is 1. The Labute approximate surface area is 152 Å². The zero-order valence-electron chi connectivity index (χ0n) is 13.8. The van der Waals surface area contributed by atoms with Gasteiger partial charge in [0.25, 0.3) is 10.1 Å². The summed E-state index contributed by atoms with van der Waals surface area (Å²) in [5.41, 5.74) is 0.980. The van der Waals surface area contributed by atoms with Crippen LogP contribution >= 0.6 is 22.6 Å². The van der Waals surface area contributed by atoms with Crippen LogP contribution in [0.5, 0.6) is 0 Å². The van der Waals surface area contributed by atoms with Gasteiger partial charge in [0, 0.05) is 34.5 Å². The van der Waals surface area contributed by atoms with E-state index in [9.17, 15) is 8.42 Å². The monoisotopic (exact) mass is 447 g/mol. The van der Waals surface area contributed by atoms with Gasteiger partial charge in [0.05, 0.1) is 6.10 Å². The molecule has 2 rings (SSSR count). The molecule has 4 nitrogen and oxygen atoms in total. The zero-order valence-corrected chi connectivity index (χ0v) is 16.8. The van der Waals surface area contributed by atoms with Crippen molar-refractivity contribution in [1.29, 1.82) is 0 Å². The normalized spacial score (nSPS) is 14.7. The summed E-state index contributed by atoms with van der Waals surface area (Å²) in [6.07, 6.45) is 0.340. The third kappa shape index (κ3) is 4.36. The van der Waals surface area contributed by atoms with Gasteiger partial charge >= 0.3 is 0 Å². The van der Waals surface area contributed by atoms with E-state index >= 15 is 0 Å².